The maximum Gasteiger partial charge on any atom is 0.325 e. The van der Waals surface area contributed by atoms with Gasteiger partial charge in [0.1, 0.15) is 13.2 Å². The summed E-state index contributed by atoms with van der Waals surface area (Å²) in [6.45, 7) is 3.29. The molecule has 144 valence electrons. The Morgan fingerprint density at radius 1 is 1.00 bits per heavy atom. The summed E-state index contributed by atoms with van der Waals surface area (Å²) < 4.78 is 31.6. The molecule has 0 heterocycles. The van der Waals surface area contributed by atoms with Crippen LogP contribution in [0.25, 0.3) is 0 Å². The van der Waals surface area contributed by atoms with E-state index in [1.165, 1.54) is 24.3 Å². The second kappa shape index (κ2) is 9.29. The van der Waals surface area contributed by atoms with Crippen molar-refractivity contribution in [3.05, 3.63) is 65.7 Å². The summed E-state index contributed by atoms with van der Waals surface area (Å²) in [6.07, 6.45) is 0. The molecule has 2 aromatic carbocycles. The van der Waals surface area contributed by atoms with Crippen molar-refractivity contribution in [3.8, 4) is 0 Å². The van der Waals surface area contributed by atoms with Gasteiger partial charge < -0.3 is 10.1 Å². The minimum absolute atomic E-state index is 0.0648. The van der Waals surface area contributed by atoms with Gasteiger partial charge in [0.25, 0.3) is 5.91 Å². The SMILES string of the molecule is CC(C)NS(=O)(=O)c1ccc(C(=O)NCC(=O)OCc2ccccc2)cc1. The van der Waals surface area contributed by atoms with E-state index in [0.717, 1.165) is 5.56 Å². The van der Waals surface area contributed by atoms with Gasteiger partial charge in [-0.25, -0.2) is 13.1 Å². The average Bonchev–Trinajstić information content (AvgIpc) is 2.64. The Morgan fingerprint density at radius 3 is 2.22 bits per heavy atom. The number of rotatable bonds is 8. The van der Waals surface area contributed by atoms with Gasteiger partial charge in [-0.1, -0.05) is 30.3 Å². The van der Waals surface area contributed by atoms with Gasteiger partial charge in [-0.15, -0.1) is 0 Å². The van der Waals surface area contributed by atoms with Gasteiger partial charge in [-0.2, -0.15) is 0 Å². The van der Waals surface area contributed by atoms with Crippen molar-refractivity contribution in [3.63, 3.8) is 0 Å². The lowest BCUT2D eigenvalue weighted by atomic mass is 10.2. The van der Waals surface area contributed by atoms with Crippen molar-refractivity contribution in [1.29, 1.82) is 0 Å². The number of hydrogen-bond donors (Lipinski definition) is 2. The van der Waals surface area contributed by atoms with E-state index in [1.54, 1.807) is 13.8 Å². The van der Waals surface area contributed by atoms with Crippen LogP contribution in [0.2, 0.25) is 0 Å². The maximum atomic E-state index is 12.1. The fraction of sp³-hybridized carbons (Fsp3) is 0.263. The summed E-state index contributed by atoms with van der Waals surface area (Å²) in [5, 5.41) is 2.45. The molecule has 0 aliphatic heterocycles. The van der Waals surface area contributed by atoms with Gasteiger partial charge in [0.05, 0.1) is 4.90 Å². The number of benzene rings is 2. The molecule has 0 bridgehead atoms. The Kier molecular flexibility index (Phi) is 7.09. The molecule has 0 atom stereocenters. The fourth-order valence-electron chi connectivity index (χ4n) is 2.21. The summed E-state index contributed by atoms with van der Waals surface area (Å²) in [5.74, 6) is -1.06. The predicted molar refractivity (Wildman–Crippen MR) is 100 cm³/mol. The van der Waals surface area contributed by atoms with Crippen LogP contribution in [-0.4, -0.2) is 32.9 Å². The third-order valence-corrected chi connectivity index (χ3v) is 5.13. The van der Waals surface area contributed by atoms with Gasteiger partial charge in [0, 0.05) is 11.6 Å². The van der Waals surface area contributed by atoms with Crippen molar-refractivity contribution in [1.82, 2.24) is 10.0 Å². The van der Waals surface area contributed by atoms with E-state index in [2.05, 4.69) is 10.0 Å². The van der Waals surface area contributed by atoms with Gasteiger partial charge in [0.15, 0.2) is 0 Å². The number of esters is 1. The zero-order valence-electron chi connectivity index (χ0n) is 15.1. The molecule has 2 N–H and O–H groups in total. The lowest BCUT2D eigenvalue weighted by molar-refractivity contribution is -0.143. The van der Waals surface area contributed by atoms with Crippen LogP contribution in [0.15, 0.2) is 59.5 Å². The van der Waals surface area contributed by atoms with Crippen molar-refractivity contribution in [2.24, 2.45) is 0 Å². The Bertz CT molecular complexity index is 878. The molecule has 0 spiro atoms. The number of carbonyl (C=O) groups excluding carboxylic acids is 2. The van der Waals surface area contributed by atoms with Crippen LogP contribution in [0, 0.1) is 0 Å². The second-order valence-electron chi connectivity index (χ2n) is 6.13. The Hall–Kier alpha value is -2.71. The zero-order valence-corrected chi connectivity index (χ0v) is 16.0. The second-order valence-corrected chi connectivity index (χ2v) is 7.84. The first-order valence-electron chi connectivity index (χ1n) is 8.38. The van der Waals surface area contributed by atoms with Crippen LogP contribution >= 0.6 is 0 Å². The maximum absolute atomic E-state index is 12.1. The first-order chi connectivity index (χ1) is 12.8. The summed E-state index contributed by atoms with van der Waals surface area (Å²) >= 11 is 0. The third-order valence-electron chi connectivity index (χ3n) is 3.45. The van der Waals surface area contributed by atoms with Crippen molar-refractivity contribution in [2.45, 2.75) is 31.4 Å². The highest BCUT2D eigenvalue weighted by atomic mass is 32.2. The van der Waals surface area contributed by atoms with Crippen molar-refractivity contribution >= 4 is 21.9 Å². The molecule has 0 radical (unpaired) electrons. The largest absolute Gasteiger partial charge is 0.460 e. The van der Waals surface area contributed by atoms with E-state index in [0.29, 0.717) is 0 Å². The molecule has 2 aromatic rings. The molecular formula is C19H22N2O5S. The van der Waals surface area contributed by atoms with Crippen LogP contribution in [-0.2, 0) is 26.2 Å². The van der Waals surface area contributed by atoms with Crippen LogP contribution in [0.3, 0.4) is 0 Å². The molecular weight excluding hydrogens is 368 g/mol. The summed E-state index contributed by atoms with van der Waals surface area (Å²) in [6, 6.07) is 14.4. The van der Waals surface area contributed by atoms with E-state index < -0.39 is 21.9 Å². The highest BCUT2D eigenvalue weighted by molar-refractivity contribution is 7.89. The summed E-state index contributed by atoms with van der Waals surface area (Å²) in [4.78, 5) is 23.9. The first-order valence-corrected chi connectivity index (χ1v) is 9.86. The number of amides is 1. The van der Waals surface area contributed by atoms with Gasteiger partial charge >= 0.3 is 5.97 Å². The van der Waals surface area contributed by atoms with E-state index in [4.69, 9.17) is 4.74 Å². The monoisotopic (exact) mass is 390 g/mol. The summed E-state index contributed by atoms with van der Waals surface area (Å²) in [7, 11) is -3.62. The molecule has 0 aromatic heterocycles. The smallest absolute Gasteiger partial charge is 0.325 e. The van der Waals surface area contributed by atoms with Gasteiger partial charge in [0.2, 0.25) is 10.0 Å². The van der Waals surface area contributed by atoms with E-state index in [9.17, 15) is 18.0 Å². The van der Waals surface area contributed by atoms with E-state index in [-0.39, 0.29) is 29.7 Å². The van der Waals surface area contributed by atoms with E-state index >= 15 is 0 Å². The minimum atomic E-state index is -3.62. The zero-order chi connectivity index (χ0) is 19.9. The molecule has 0 fully saturated rings. The molecule has 27 heavy (non-hydrogen) atoms. The number of nitrogens with one attached hydrogen (secondary N) is 2. The topological polar surface area (TPSA) is 102 Å². The molecule has 7 nitrogen and oxygen atoms in total. The third kappa shape index (κ3) is 6.50. The Labute approximate surface area is 158 Å². The highest BCUT2D eigenvalue weighted by Gasteiger charge is 2.16. The first kappa shape index (κ1) is 20.6. The summed E-state index contributed by atoms with van der Waals surface area (Å²) in [5.41, 5.74) is 1.10. The minimum Gasteiger partial charge on any atom is -0.460 e. The molecule has 0 unspecified atom stereocenters. The average molecular weight is 390 g/mol. The van der Waals surface area contributed by atoms with Crippen LogP contribution in [0.1, 0.15) is 29.8 Å². The predicted octanol–water partition coefficient (Wildman–Crippen LogP) is 1.85. The lowest BCUT2D eigenvalue weighted by Crippen LogP contribution is -2.31. The molecule has 0 saturated heterocycles. The highest BCUT2D eigenvalue weighted by Crippen LogP contribution is 2.11. The number of hydrogen-bond acceptors (Lipinski definition) is 5. The molecule has 1 amide bonds. The quantitative estimate of drug-likeness (QED) is 0.670. The van der Waals surface area contributed by atoms with Crippen molar-refractivity contribution in [2.75, 3.05) is 6.54 Å². The Balaban J connectivity index is 1.86. The molecule has 2 rings (SSSR count). The van der Waals surface area contributed by atoms with Crippen LogP contribution < -0.4 is 10.0 Å². The van der Waals surface area contributed by atoms with Crippen LogP contribution in [0.5, 0.6) is 0 Å². The standard InChI is InChI=1S/C19H22N2O5S/c1-14(2)21-27(24,25)17-10-8-16(9-11-17)19(23)20-12-18(22)26-13-15-6-4-3-5-7-15/h3-11,14,21H,12-13H2,1-2H3,(H,20,23). The molecule has 8 heteroatoms. The molecule has 0 saturated carbocycles. The van der Waals surface area contributed by atoms with Crippen LogP contribution in [0.4, 0.5) is 0 Å². The molecule has 0 aliphatic rings. The number of ether oxygens (including phenoxy) is 1. The molecule has 0 aliphatic carbocycles. The fourth-order valence-corrected chi connectivity index (χ4v) is 3.46. The Morgan fingerprint density at radius 2 is 1.63 bits per heavy atom. The number of sulfonamides is 1. The lowest BCUT2D eigenvalue weighted by Gasteiger charge is -2.10. The van der Waals surface area contributed by atoms with Crippen molar-refractivity contribution < 1.29 is 22.7 Å². The van der Waals surface area contributed by atoms with Gasteiger partial charge in [-0.05, 0) is 43.7 Å². The normalized spacial score (nSPS) is 11.2. The number of carbonyl (C=O) groups is 2. The van der Waals surface area contributed by atoms with Gasteiger partial charge in [-0.3, -0.25) is 9.59 Å². The van der Waals surface area contributed by atoms with E-state index in [1.807, 2.05) is 30.3 Å².